The topological polar surface area (TPSA) is 85.2 Å². The highest BCUT2D eigenvalue weighted by molar-refractivity contribution is 6.33. The van der Waals surface area contributed by atoms with Crippen LogP contribution >= 0.6 is 11.6 Å². The van der Waals surface area contributed by atoms with E-state index in [0.717, 1.165) is 0 Å². The Labute approximate surface area is 142 Å². The zero-order valence-electron chi connectivity index (χ0n) is 13.3. The minimum absolute atomic E-state index is 0.0773. The first-order valence-electron chi connectivity index (χ1n) is 7.09. The van der Waals surface area contributed by atoms with Crippen molar-refractivity contribution in [2.24, 2.45) is 7.05 Å². The fraction of sp³-hybridized carbons (Fsp3) is 0.333. The van der Waals surface area contributed by atoms with E-state index in [-0.39, 0.29) is 23.2 Å². The van der Waals surface area contributed by atoms with Gasteiger partial charge in [-0.1, -0.05) is 11.6 Å². The van der Waals surface area contributed by atoms with Crippen molar-refractivity contribution >= 4 is 22.5 Å². The summed E-state index contributed by atoms with van der Waals surface area (Å²) in [6, 6.07) is 3.39. The van der Waals surface area contributed by atoms with Gasteiger partial charge in [0.05, 0.1) is 24.9 Å². The van der Waals surface area contributed by atoms with Crippen LogP contribution in [0.4, 0.5) is 4.39 Å². The lowest BCUT2D eigenvalue weighted by Crippen LogP contribution is -2.06. The molecule has 0 spiro atoms. The number of benzene rings is 1. The average molecular weight is 355 g/mol. The summed E-state index contributed by atoms with van der Waals surface area (Å²) in [6.07, 6.45) is -0.919. The second kappa shape index (κ2) is 6.39. The van der Waals surface area contributed by atoms with E-state index in [9.17, 15) is 9.50 Å². The van der Waals surface area contributed by atoms with Gasteiger partial charge in [0.25, 0.3) is 0 Å². The number of rotatable bonds is 5. The maximum atomic E-state index is 14.5. The van der Waals surface area contributed by atoms with E-state index in [1.165, 1.54) is 14.2 Å². The molecular weight excluding hydrogens is 339 g/mol. The molecule has 24 heavy (non-hydrogen) atoms. The summed E-state index contributed by atoms with van der Waals surface area (Å²) in [5.74, 6) is 0.355. The quantitative estimate of drug-likeness (QED) is 0.735. The predicted molar refractivity (Wildman–Crippen MR) is 86.7 cm³/mol. The van der Waals surface area contributed by atoms with E-state index in [4.69, 9.17) is 21.1 Å². The molecule has 9 heteroatoms. The van der Waals surface area contributed by atoms with Crippen molar-refractivity contribution in [2.45, 2.75) is 6.10 Å². The molecule has 2 aromatic heterocycles. The lowest BCUT2D eigenvalue weighted by molar-refractivity contribution is 0.0590. The number of halogens is 2. The number of aromatic amines is 1. The maximum absolute atomic E-state index is 14.5. The largest absolute Gasteiger partial charge is 0.495 e. The number of nitrogens with one attached hydrogen (secondary N) is 1. The van der Waals surface area contributed by atoms with Gasteiger partial charge in [-0.3, -0.25) is 0 Å². The number of aryl methyl sites for hydroxylation is 1. The first kappa shape index (κ1) is 16.7. The molecule has 0 saturated carbocycles. The number of hydrogen-bond donors (Lipinski definition) is 2. The predicted octanol–water partition coefficient (Wildman–Crippen LogP) is 2.44. The molecule has 0 fully saturated rings. The van der Waals surface area contributed by atoms with Gasteiger partial charge in [-0.2, -0.15) is 0 Å². The van der Waals surface area contributed by atoms with E-state index in [1.807, 2.05) is 0 Å². The van der Waals surface area contributed by atoms with Gasteiger partial charge in [-0.05, 0) is 12.1 Å². The SMILES string of the molecule is COCC(O)c1nnc(-c2cc3cc(OC)c(Cl)c(F)c3n2C)[nH]1. The second-order valence-electron chi connectivity index (χ2n) is 5.26. The third-order valence-electron chi connectivity index (χ3n) is 3.77. The van der Waals surface area contributed by atoms with E-state index in [0.29, 0.717) is 22.4 Å². The van der Waals surface area contributed by atoms with E-state index in [1.54, 1.807) is 23.7 Å². The van der Waals surface area contributed by atoms with Crippen LogP contribution in [-0.4, -0.2) is 45.7 Å². The van der Waals surface area contributed by atoms with E-state index in [2.05, 4.69) is 15.2 Å². The number of aliphatic hydroxyl groups excluding tert-OH is 1. The highest BCUT2D eigenvalue weighted by Crippen LogP contribution is 2.36. The molecule has 0 bridgehead atoms. The molecule has 0 aliphatic carbocycles. The Morgan fingerprint density at radius 2 is 2.12 bits per heavy atom. The van der Waals surface area contributed by atoms with Gasteiger partial charge < -0.3 is 24.1 Å². The van der Waals surface area contributed by atoms with Crippen LogP contribution in [0.5, 0.6) is 5.75 Å². The van der Waals surface area contributed by atoms with Crippen LogP contribution in [0.2, 0.25) is 5.02 Å². The summed E-state index contributed by atoms with van der Waals surface area (Å²) in [5.41, 5.74) is 0.919. The molecule has 128 valence electrons. The summed E-state index contributed by atoms with van der Waals surface area (Å²) in [4.78, 5) is 2.92. The fourth-order valence-electron chi connectivity index (χ4n) is 2.58. The number of hydrogen-bond acceptors (Lipinski definition) is 5. The first-order chi connectivity index (χ1) is 11.5. The third kappa shape index (κ3) is 2.62. The van der Waals surface area contributed by atoms with E-state index >= 15 is 0 Å². The molecule has 0 aliphatic heterocycles. The first-order valence-corrected chi connectivity index (χ1v) is 7.47. The Balaban J connectivity index is 2.11. The number of methoxy groups -OCH3 is 2. The van der Waals surface area contributed by atoms with Gasteiger partial charge in [0.2, 0.25) is 0 Å². The maximum Gasteiger partial charge on any atom is 0.178 e. The second-order valence-corrected chi connectivity index (χ2v) is 5.64. The number of aromatic nitrogens is 4. The van der Waals surface area contributed by atoms with Gasteiger partial charge in [0.15, 0.2) is 17.5 Å². The van der Waals surface area contributed by atoms with Crippen molar-refractivity contribution in [3.8, 4) is 17.3 Å². The van der Waals surface area contributed by atoms with Crippen LogP contribution < -0.4 is 4.74 Å². The van der Waals surface area contributed by atoms with Gasteiger partial charge in [-0.25, -0.2) is 4.39 Å². The molecule has 1 aromatic carbocycles. The van der Waals surface area contributed by atoms with Crippen molar-refractivity contribution < 1.29 is 19.0 Å². The highest BCUT2D eigenvalue weighted by atomic mass is 35.5. The van der Waals surface area contributed by atoms with Crippen molar-refractivity contribution in [3.05, 3.63) is 28.8 Å². The van der Waals surface area contributed by atoms with Crippen molar-refractivity contribution in [3.63, 3.8) is 0 Å². The summed E-state index contributed by atoms with van der Waals surface area (Å²) in [6.45, 7) is 0.0885. The molecule has 0 amide bonds. The Morgan fingerprint density at radius 3 is 2.79 bits per heavy atom. The lowest BCUT2D eigenvalue weighted by atomic mass is 10.2. The lowest BCUT2D eigenvalue weighted by Gasteiger charge is -2.07. The minimum Gasteiger partial charge on any atom is -0.495 e. The molecule has 2 heterocycles. The molecule has 1 unspecified atom stereocenters. The smallest absolute Gasteiger partial charge is 0.178 e. The summed E-state index contributed by atoms with van der Waals surface area (Å²) >= 11 is 5.98. The molecule has 0 saturated heterocycles. The van der Waals surface area contributed by atoms with Gasteiger partial charge >= 0.3 is 0 Å². The van der Waals surface area contributed by atoms with Crippen LogP contribution in [0.3, 0.4) is 0 Å². The molecule has 7 nitrogen and oxygen atoms in total. The van der Waals surface area contributed by atoms with Crippen molar-refractivity contribution in [1.82, 2.24) is 19.7 Å². The monoisotopic (exact) mass is 354 g/mol. The zero-order valence-corrected chi connectivity index (χ0v) is 14.1. The van der Waals surface area contributed by atoms with Crippen LogP contribution in [0.25, 0.3) is 22.4 Å². The van der Waals surface area contributed by atoms with Crippen molar-refractivity contribution in [2.75, 3.05) is 20.8 Å². The summed E-state index contributed by atoms with van der Waals surface area (Å²) < 4.78 is 26.1. The Hall–Kier alpha value is -2.16. The van der Waals surface area contributed by atoms with Gasteiger partial charge in [0.1, 0.15) is 16.9 Å². The van der Waals surface area contributed by atoms with Crippen LogP contribution in [0.15, 0.2) is 12.1 Å². The average Bonchev–Trinajstić information content (AvgIpc) is 3.16. The molecular formula is C15H16ClFN4O3. The number of ether oxygens (including phenoxy) is 2. The van der Waals surface area contributed by atoms with Crippen LogP contribution in [-0.2, 0) is 11.8 Å². The fourth-order valence-corrected chi connectivity index (χ4v) is 2.80. The Morgan fingerprint density at radius 1 is 1.38 bits per heavy atom. The Kier molecular flexibility index (Phi) is 4.44. The molecule has 3 rings (SSSR count). The Bertz CT molecular complexity index is 893. The summed E-state index contributed by atoms with van der Waals surface area (Å²) in [5, 5.41) is 18.3. The molecule has 2 N–H and O–H groups in total. The standard InChI is InChI=1S/C15H16ClFN4O3/c1-21-8(14-18-15(20-19-14)9(22)6-23-2)4-7-5-10(24-3)11(16)12(17)13(7)21/h4-5,9,22H,6H2,1-3H3,(H,18,19,20). The van der Waals surface area contributed by atoms with Gasteiger partial charge in [-0.15, -0.1) is 10.2 Å². The van der Waals surface area contributed by atoms with Crippen molar-refractivity contribution in [1.29, 1.82) is 0 Å². The van der Waals surface area contributed by atoms with E-state index < -0.39 is 11.9 Å². The molecule has 0 aliphatic rings. The number of aliphatic hydroxyl groups is 1. The molecule has 1 atom stereocenters. The zero-order chi connectivity index (χ0) is 17.4. The van der Waals surface area contributed by atoms with Gasteiger partial charge in [0, 0.05) is 19.5 Å². The number of H-pyrrole nitrogens is 1. The normalized spacial score (nSPS) is 12.8. The van der Waals surface area contributed by atoms with Crippen LogP contribution in [0.1, 0.15) is 11.9 Å². The highest BCUT2D eigenvalue weighted by Gasteiger charge is 2.20. The number of fused-ring (bicyclic) bond motifs is 1. The minimum atomic E-state index is -0.919. The molecule has 3 aromatic rings. The molecule has 0 radical (unpaired) electrons. The van der Waals surface area contributed by atoms with Crippen LogP contribution in [0, 0.1) is 5.82 Å². The number of nitrogens with zero attached hydrogens (tertiary/aromatic N) is 3. The summed E-state index contributed by atoms with van der Waals surface area (Å²) in [7, 11) is 4.60. The third-order valence-corrected chi connectivity index (χ3v) is 4.13.